The molecule has 1 aromatic carbocycles. The molecule has 1 saturated heterocycles. The van der Waals surface area contributed by atoms with Gasteiger partial charge in [-0.05, 0) is 32.0 Å². The molecule has 2 N–H and O–H groups in total. The molecule has 5 nitrogen and oxygen atoms in total. The second-order valence-corrected chi connectivity index (χ2v) is 5.85. The standard InChI is InChI=1S/C15H17F3N4O/c1-22-7-9(5-6-12(22)15(16,17)18)21-14(23)10-3-2-4-11-13(10)20-8-19-11/h2-4,8-9,12H,5-7H2,1H3,(H,19,20)(H,21,23)/t9-,12+/m1/s1. The zero-order chi connectivity index (χ0) is 16.6. The first-order valence-corrected chi connectivity index (χ1v) is 7.36. The molecule has 3 rings (SSSR count). The minimum atomic E-state index is -4.23. The highest BCUT2D eigenvalue weighted by molar-refractivity contribution is 6.04. The monoisotopic (exact) mass is 326 g/mol. The highest BCUT2D eigenvalue weighted by atomic mass is 19.4. The van der Waals surface area contributed by atoms with Crippen molar-refractivity contribution in [3.8, 4) is 0 Å². The highest BCUT2D eigenvalue weighted by Gasteiger charge is 2.44. The van der Waals surface area contributed by atoms with E-state index in [1.165, 1.54) is 18.3 Å². The van der Waals surface area contributed by atoms with Crippen LogP contribution in [-0.4, -0.2) is 52.6 Å². The van der Waals surface area contributed by atoms with Crippen LogP contribution in [0.1, 0.15) is 23.2 Å². The van der Waals surface area contributed by atoms with Gasteiger partial charge in [0.05, 0.1) is 17.4 Å². The van der Waals surface area contributed by atoms with Gasteiger partial charge in [-0.15, -0.1) is 0 Å². The number of rotatable bonds is 2. The van der Waals surface area contributed by atoms with Crippen LogP contribution in [0.15, 0.2) is 24.5 Å². The van der Waals surface area contributed by atoms with Gasteiger partial charge in [-0.1, -0.05) is 6.07 Å². The molecule has 1 aliphatic heterocycles. The first-order chi connectivity index (χ1) is 10.9. The number of amides is 1. The Morgan fingerprint density at radius 2 is 2.17 bits per heavy atom. The lowest BCUT2D eigenvalue weighted by atomic mass is 9.98. The smallest absolute Gasteiger partial charge is 0.348 e. The van der Waals surface area contributed by atoms with Crippen LogP contribution in [0.4, 0.5) is 13.2 Å². The summed E-state index contributed by atoms with van der Waals surface area (Å²) in [6.45, 7) is 0.173. The van der Waals surface area contributed by atoms with Crippen LogP contribution in [0.25, 0.3) is 11.0 Å². The number of halogens is 3. The number of piperidine rings is 1. The average Bonchev–Trinajstić information content (AvgIpc) is 2.94. The topological polar surface area (TPSA) is 61.0 Å². The van der Waals surface area contributed by atoms with E-state index in [2.05, 4.69) is 15.3 Å². The number of hydrogen-bond donors (Lipinski definition) is 2. The van der Waals surface area contributed by atoms with Crippen LogP contribution in [0.3, 0.4) is 0 Å². The molecular formula is C15H17F3N4O. The molecule has 124 valence electrons. The Kier molecular flexibility index (Phi) is 4.01. The van der Waals surface area contributed by atoms with Gasteiger partial charge >= 0.3 is 6.18 Å². The van der Waals surface area contributed by atoms with Crippen LogP contribution in [0.5, 0.6) is 0 Å². The summed E-state index contributed by atoms with van der Waals surface area (Å²) < 4.78 is 38.5. The van der Waals surface area contributed by atoms with Gasteiger partial charge in [0, 0.05) is 12.6 Å². The molecule has 1 aliphatic rings. The van der Waals surface area contributed by atoms with Crippen molar-refractivity contribution in [2.45, 2.75) is 31.1 Å². The second kappa shape index (κ2) is 5.84. The van der Waals surface area contributed by atoms with Crippen molar-refractivity contribution in [2.24, 2.45) is 0 Å². The Labute approximate surface area is 130 Å². The fourth-order valence-electron chi connectivity index (χ4n) is 3.09. The Hall–Kier alpha value is -2.09. The zero-order valence-electron chi connectivity index (χ0n) is 12.5. The molecule has 23 heavy (non-hydrogen) atoms. The number of likely N-dealkylation sites (N-methyl/N-ethyl adjacent to an activating group) is 1. The Balaban J connectivity index is 1.69. The van der Waals surface area contributed by atoms with E-state index < -0.39 is 12.2 Å². The van der Waals surface area contributed by atoms with Crippen molar-refractivity contribution in [3.63, 3.8) is 0 Å². The molecule has 8 heteroatoms. The number of para-hydroxylation sites is 1. The largest absolute Gasteiger partial charge is 0.404 e. The highest BCUT2D eigenvalue weighted by Crippen LogP contribution is 2.31. The molecule has 0 radical (unpaired) electrons. The number of imidazole rings is 1. The van der Waals surface area contributed by atoms with Gasteiger partial charge in [-0.3, -0.25) is 9.69 Å². The number of benzene rings is 1. The number of carbonyl (C=O) groups is 1. The number of fused-ring (bicyclic) bond motifs is 1. The molecule has 0 bridgehead atoms. The van der Waals surface area contributed by atoms with Gasteiger partial charge in [0.1, 0.15) is 11.6 Å². The summed E-state index contributed by atoms with van der Waals surface area (Å²) in [6, 6.07) is 3.46. The quantitative estimate of drug-likeness (QED) is 0.890. The number of carbonyl (C=O) groups excluding carboxylic acids is 1. The Morgan fingerprint density at radius 1 is 1.39 bits per heavy atom. The number of aromatic amines is 1. The first kappa shape index (κ1) is 15.8. The molecule has 1 fully saturated rings. The third-order valence-electron chi connectivity index (χ3n) is 4.24. The van der Waals surface area contributed by atoms with Crippen LogP contribution in [-0.2, 0) is 0 Å². The summed E-state index contributed by atoms with van der Waals surface area (Å²) in [5.41, 5.74) is 1.72. The van der Waals surface area contributed by atoms with Crippen LogP contribution in [0.2, 0.25) is 0 Å². The zero-order valence-corrected chi connectivity index (χ0v) is 12.5. The molecule has 0 aliphatic carbocycles. The number of hydrogen-bond acceptors (Lipinski definition) is 3. The molecule has 0 unspecified atom stereocenters. The van der Waals surface area contributed by atoms with Gasteiger partial charge in [-0.2, -0.15) is 13.2 Å². The number of nitrogens with one attached hydrogen (secondary N) is 2. The maximum absolute atomic E-state index is 12.8. The summed E-state index contributed by atoms with van der Waals surface area (Å²) in [5, 5.41) is 2.82. The molecule has 0 spiro atoms. The summed E-state index contributed by atoms with van der Waals surface area (Å²) in [4.78, 5) is 20.7. The lowest BCUT2D eigenvalue weighted by molar-refractivity contribution is -0.188. The van der Waals surface area contributed by atoms with Crippen molar-refractivity contribution in [2.75, 3.05) is 13.6 Å². The predicted molar refractivity (Wildman–Crippen MR) is 79.1 cm³/mol. The van der Waals surface area contributed by atoms with Crippen molar-refractivity contribution in [1.29, 1.82) is 0 Å². The predicted octanol–water partition coefficient (Wildman–Crippen LogP) is 2.32. The summed E-state index contributed by atoms with van der Waals surface area (Å²) >= 11 is 0. The average molecular weight is 326 g/mol. The van der Waals surface area contributed by atoms with Crippen LogP contribution < -0.4 is 5.32 Å². The number of nitrogens with zero attached hydrogens (tertiary/aromatic N) is 2. The van der Waals surface area contributed by atoms with E-state index >= 15 is 0 Å². The van der Waals surface area contributed by atoms with E-state index in [0.29, 0.717) is 17.5 Å². The minimum absolute atomic E-state index is 0.0163. The van der Waals surface area contributed by atoms with Crippen molar-refractivity contribution >= 4 is 16.9 Å². The van der Waals surface area contributed by atoms with Crippen LogP contribution in [0, 0.1) is 0 Å². The molecule has 1 aromatic heterocycles. The molecule has 2 atom stereocenters. The number of H-pyrrole nitrogens is 1. The lowest BCUT2D eigenvalue weighted by Crippen LogP contribution is -2.54. The SMILES string of the molecule is CN1C[C@H](NC(=O)c2cccc3[nH]cnc23)CC[C@H]1C(F)(F)F. The Morgan fingerprint density at radius 3 is 2.87 bits per heavy atom. The normalized spacial score (nSPS) is 23.1. The summed E-state index contributed by atoms with van der Waals surface area (Å²) in [6.07, 6.45) is -2.44. The fraction of sp³-hybridized carbons (Fsp3) is 0.467. The van der Waals surface area contributed by atoms with E-state index in [9.17, 15) is 18.0 Å². The van der Waals surface area contributed by atoms with E-state index in [0.717, 1.165) is 5.52 Å². The number of alkyl halides is 3. The minimum Gasteiger partial charge on any atom is -0.348 e. The summed E-state index contributed by atoms with van der Waals surface area (Å²) in [7, 11) is 1.44. The third kappa shape index (κ3) is 3.17. The fourth-order valence-corrected chi connectivity index (χ4v) is 3.09. The lowest BCUT2D eigenvalue weighted by Gasteiger charge is -2.38. The molecular weight excluding hydrogens is 309 g/mol. The van der Waals surface area contributed by atoms with Gasteiger partial charge < -0.3 is 10.3 Å². The van der Waals surface area contributed by atoms with Gasteiger partial charge in [0.25, 0.3) is 5.91 Å². The summed E-state index contributed by atoms with van der Waals surface area (Å²) in [5.74, 6) is -0.313. The molecule has 0 saturated carbocycles. The van der Waals surface area contributed by atoms with E-state index in [4.69, 9.17) is 0 Å². The van der Waals surface area contributed by atoms with Gasteiger partial charge in [0.15, 0.2) is 0 Å². The number of aromatic nitrogens is 2. The van der Waals surface area contributed by atoms with Crippen molar-refractivity contribution < 1.29 is 18.0 Å². The van der Waals surface area contributed by atoms with Crippen molar-refractivity contribution in [1.82, 2.24) is 20.2 Å². The van der Waals surface area contributed by atoms with E-state index in [1.54, 1.807) is 18.2 Å². The molecule has 2 aromatic rings. The van der Waals surface area contributed by atoms with Crippen molar-refractivity contribution in [3.05, 3.63) is 30.1 Å². The second-order valence-electron chi connectivity index (χ2n) is 5.85. The maximum Gasteiger partial charge on any atom is 0.404 e. The van der Waals surface area contributed by atoms with Gasteiger partial charge in [-0.25, -0.2) is 4.98 Å². The maximum atomic E-state index is 12.8. The van der Waals surface area contributed by atoms with Crippen LogP contribution >= 0.6 is 0 Å². The third-order valence-corrected chi connectivity index (χ3v) is 4.24. The van der Waals surface area contributed by atoms with E-state index in [-0.39, 0.29) is 24.9 Å². The number of likely N-dealkylation sites (tertiary alicyclic amines) is 1. The molecule has 2 heterocycles. The Bertz CT molecular complexity index is 712. The first-order valence-electron chi connectivity index (χ1n) is 7.36. The van der Waals surface area contributed by atoms with E-state index in [1.807, 2.05) is 0 Å². The molecule has 1 amide bonds. The van der Waals surface area contributed by atoms with Gasteiger partial charge in [0.2, 0.25) is 0 Å².